The minimum atomic E-state index is -0.169. The fraction of sp³-hybridized carbons (Fsp3) is 0.567. The van der Waals surface area contributed by atoms with Gasteiger partial charge in [0.2, 0.25) is 0 Å². The molecule has 0 unspecified atom stereocenters. The van der Waals surface area contributed by atoms with Gasteiger partial charge < -0.3 is 30.2 Å². The van der Waals surface area contributed by atoms with E-state index in [1.54, 1.807) is 0 Å². The first-order valence-electron chi connectivity index (χ1n) is 25.0. The van der Waals surface area contributed by atoms with Crippen LogP contribution in [-0.4, -0.2) is 74.6 Å². The van der Waals surface area contributed by atoms with Gasteiger partial charge in [-0.05, 0) is 109 Å². The third-order valence-corrected chi connectivity index (χ3v) is 13.1. The molecule has 0 bridgehead atoms. The van der Waals surface area contributed by atoms with E-state index in [1.165, 1.54) is 49.7 Å². The van der Waals surface area contributed by atoms with Gasteiger partial charge in [-0.2, -0.15) is 0 Å². The molecule has 0 N–H and O–H groups in total. The van der Waals surface area contributed by atoms with Crippen molar-refractivity contribution in [3.8, 4) is 11.5 Å². The zero-order chi connectivity index (χ0) is 51.0. The summed E-state index contributed by atoms with van der Waals surface area (Å²) in [4.78, 5) is 14.4. The maximum Gasteiger partial charge on any atom is 2.00 e. The van der Waals surface area contributed by atoms with E-state index in [9.17, 15) is 20.4 Å². The smallest absolute Gasteiger partial charge is 0.872 e. The number of likely N-dealkylation sites (N-methyl/N-ethyl adjacent to an activating group) is 2. The second-order valence-electron chi connectivity index (χ2n) is 23.5. The van der Waals surface area contributed by atoms with Crippen molar-refractivity contribution in [2.24, 2.45) is 9.98 Å². The third kappa shape index (κ3) is 20.8. The number of benzene rings is 4. The number of hydrogen-bond acceptors (Lipinski definition) is 8. The molecule has 10 heteroatoms. The maximum atomic E-state index is 13.1. The Morgan fingerprint density at radius 3 is 1.01 bits per heavy atom. The summed E-state index contributed by atoms with van der Waals surface area (Å²) < 4.78 is 0. The molecule has 0 spiro atoms. The van der Waals surface area contributed by atoms with Crippen LogP contribution in [0.5, 0.6) is 11.5 Å². The molecule has 0 amide bonds. The Labute approximate surface area is 451 Å². The molecule has 4 atom stereocenters. The predicted molar refractivity (Wildman–Crippen MR) is 282 cm³/mol. The summed E-state index contributed by atoms with van der Waals surface area (Å²) in [6.45, 7) is 25.6. The first-order valence-corrected chi connectivity index (χ1v) is 25.0. The summed E-state index contributed by atoms with van der Waals surface area (Å²) in [6.07, 6.45) is 13.3. The van der Waals surface area contributed by atoms with Gasteiger partial charge in [0.25, 0.3) is 0 Å². The topological polar surface area (TPSA) is 123 Å². The SMILES string of the molecule is CN(C)[C@@H]1CCCC[C@H]1N=Cc1cc(C(C)(C)C)cc(C(C)(C)C)c1[O-].CN(C)[C@H]1CCCC[C@@H]1N=Cc1cc(C(C)(C)C)cc(C(C)(C)C)c1[O-].[O-]Cc1ccccc1.[O-]Cc1ccccc1.[Zn+2].[Zn+2]. The van der Waals surface area contributed by atoms with Gasteiger partial charge in [0, 0.05) is 24.5 Å². The summed E-state index contributed by atoms with van der Waals surface area (Å²) in [5, 5.41) is 46.4. The molecule has 2 fully saturated rings. The first kappa shape index (κ1) is 64.9. The van der Waals surface area contributed by atoms with Crippen LogP contribution >= 0.6 is 0 Å². The molecular formula is C60H88N4O4Zn2. The average Bonchev–Trinajstić information content (AvgIpc) is 3.28. The van der Waals surface area contributed by atoms with Gasteiger partial charge in [0.15, 0.2) is 0 Å². The third-order valence-electron chi connectivity index (χ3n) is 13.1. The van der Waals surface area contributed by atoms with Crippen LogP contribution in [0, 0.1) is 0 Å². The van der Waals surface area contributed by atoms with Crippen LogP contribution in [0.2, 0.25) is 0 Å². The summed E-state index contributed by atoms with van der Waals surface area (Å²) in [5.74, 6) is 0.262. The maximum absolute atomic E-state index is 13.1. The van der Waals surface area contributed by atoms with Crippen molar-refractivity contribution in [2.45, 2.75) is 193 Å². The standard InChI is InChI=1S/2C23H38N2O.2C7H7O.2Zn/c2*1-22(2,3)17-13-16(21(26)18(14-17)23(4,5)6)15-24-19-11-9-10-12-20(19)25(7)8;2*8-6-7-4-2-1-3-5-7;;/h2*13-15,19-20,26H,9-12H2,1-8H3;2*1-5H,6H2;;/q;;2*-1;2*+2/p-2/t2*19-,20-;;;;/m10..../s1. The Kier molecular flexibility index (Phi) is 27.4. The Morgan fingerprint density at radius 1 is 0.471 bits per heavy atom. The fourth-order valence-corrected chi connectivity index (χ4v) is 8.71. The zero-order valence-corrected chi connectivity index (χ0v) is 52.4. The van der Waals surface area contributed by atoms with Crippen molar-refractivity contribution < 1.29 is 59.4 Å². The van der Waals surface area contributed by atoms with Gasteiger partial charge in [-0.15, -0.1) is 13.2 Å². The van der Waals surface area contributed by atoms with Gasteiger partial charge in [0.05, 0.1) is 12.1 Å². The average molecular weight is 1060 g/mol. The van der Waals surface area contributed by atoms with E-state index in [0.717, 1.165) is 46.2 Å². The molecule has 2 aliphatic rings. The van der Waals surface area contributed by atoms with Crippen LogP contribution in [0.3, 0.4) is 0 Å². The van der Waals surface area contributed by atoms with Crippen LogP contribution in [0.1, 0.15) is 179 Å². The molecule has 8 nitrogen and oxygen atoms in total. The molecule has 0 heterocycles. The second kappa shape index (κ2) is 29.6. The molecule has 2 saturated carbocycles. The molecule has 0 saturated heterocycles. The first-order chi connectivity index (χ1) is 31.7. The van der Waals surface area contributed by atoms with Crippen LogP contribution < -0.4 is 20.4 Å². The summed E-state index contributed by atoms with van der Waals surface area (Å²) >= 11 is 0. The molecule has 0 radical (unpaired) electrons. The van der Waals surface area contributed by atoms with E-state index in [0.29, 0.717) is 12.1 Å². The predicted octanol–water partition coefficient (Wildman–Crippen LogP) is 10.4. The fourth-order valence-electron chi connectivity index (χ4n) is 8.71. The molecule has 0 aromatic heterocycles. The van der Waals surface area contributed by atoms with Crippen LogP contribution in [-0.2, 0) is 73.8 Å². The summed E-state index contributed by atoms with van der Waals surface area (Å²) in [6, 6.07) is 28.4. The number of hydrogen-bond donors (Lipinski definition) is 0. The van der Waals surface area contributed by atoms with Crippen molar-refractivity contribution in [1.82, 2.24) is 9.80 Å². The molecule has 4 aromatic rings. The van der Waals surface area contributed by atoms with Crippen molar-refractivity contribution >= 4 is 12.4 Å². The minimum absolute atomic E-state index is 0. The molecule has 70 heavy (non-hydrogen) atoms. The van der Waals surface area contributed by atoms with Crippen molar-refractivity contribution in [3.05, 3.63) is 129 Å². The van der Waals surface area contributed by atoms with E-state index in [2.05, 4.69) is 145 Å². The molecule has 2 aliphatic carbocycles. The molecule has 0 aliphatic heterocycles. The molecular weight excluding hydrogens is 971 g/mol. The molecule has 6 rings (SSSR count). The van der Waals surface area contributed by atoms with Gasteiger partial charge in [-0.1, -0.05) is 216 Å². The van der Waals surface area contributed by atoms with Crippen molar-refractivity contribution in [3.63, 3.8) is 0 Å². The summed E-state index contributed by atoms with van der Waals surface area (Å²) in [5.41, 5.74) is 7.05. The van der Waals surface area contributed by atoms with E-state index >= 15 is 0 Å². The normalized spacial score (nSPS) is 18.7. The van der Waals surface area contributed by atoms with E-state index in [-0.39, 0.29) is 97.4 Å². The van der Waals surface area contributed by atoms with Gasteiger partial charge >= 0.3 is 39.0 Å². The van der Waals surface area contributed by atoms with E-state index in [4.69, 9.17) is 9.98 Å². The Bertz CT molecular complexity index is 2010. The van der Waals surface area contributed by atoms with Gasteiger partial charge in [-0.25, -0.2) is 0 Å². The largest absolute Gasteiger partial charge is 2.00 e. The monoisotopic (exact) mass is 1060 g/mol. The summed E-state index contributed by atoms with van der Waals surface area (Å²) in [7, 11) is 8.54. The molecule has 4 aromatic carbocycles. The second-order valence-corrected chi connectivity index (χ2v) is 23.5. The van der Waals surface area contributed by atoms with Crippen molar-refractivity contribution in [1.29, 1.82) is 0 Å². The van der Waals surface area contributed by atoms with Crippen LogP contribution in [0.4, 0.5) is 0 Å². The Hall–Kier alpha value is -3.09. The zero-order valence-electron chi connectivity index (χ0n) is 46.5. The number of aliphatic imine (C=N–C) groups is 2. The number of nitrogens with zero attached hydrogens (tertiary/aromatic N) is 4. The van der Waals surface area contributed by atoms with Crippen molar-refractivity contribution in [2.75, 3.05) is 28.2 Å². The number of rotatable bonds is 8. The quantitative estimate of drug-likeness (QED) is 0.128. The minimum Gasteiger partial charge on any atom is -0.872 e. The Balaban J connectivity index is 0.000000520. The Morgan fingerprint density at radius 2 is 0.771 bits per heavy atom. The van der Waals surface area contributed by atoms with Crippen LogP contribution in [0.25, 0.3) is 0 Å². The van der Waals surface area contributed by atoms with Gasteiger partial charge in [0.1, 0.15) is 0 Å². The van der Waals surface area contributed by atoms with E-state index in [1.807, 2.05) is 73.1 Å². The van der Waals surface area contributed by atoms with E-state index < -0.39 is 0 Å². The van der Waals surface area contributed by atoms with Crippen LogP contribution in [0.15, 0.2) is 94.9 Å². The van der Waals surface area contributed by atoms with Gasteiger partial charge in [-0.3, -0.25) is 9.98 Å². The molecule has 376 valence electrons.